The molecular weight excluding hydrogens is 1160 g/mol. The third-order valence-electron chi connectivity index (χ3n) is 13.3. The van der Waals surface area contributed by atoms with Gasteiger partial charge in [0.15, 0.2) is 5.78 Å². The van der Waals surface area contributed by atoms with Crippen LogP contribution < -0.4 is 0 Å². The van der Waals surface area contributed by atoms with E-state index in [9.17, 15) is 42.1 Å². The van der Waals surface area contributed by atoms with E-state index in [1.165, 1.54) is 97.1 Å². The van der Waals surface area contributed by atoms with Crippen LogP contribution in [0.25, 0.3) is 11.1 Å². The van der Waals surface area contributed by atoms with Gasteiger partial charge in [0.25, 0.3) is 0 Å². The van der Waals surface area contributed by atoms with E-state index >= 15 is 0 Å². The summed E-state index contributed by atoms with van der Waals surface area (Å²) in [7, 11) is -7.28. The molecular formula is C69H66O15S3. The van der Waals surface area contributed by atoms with Crippen LogP contribution >= 0.6 is 11.8 Å². The maximum atomic E-state index is 12.7. The van der Waals surface area contributed by atoms with E-state index in [1.807, 2.05) is 76.2 Å². The Morgan fingerprint density at radius 1 is 0.276 bits per heavy atom. The summed E-state index contributed by atoms with van der Waals surface area (Å²) in [6.45, 7) is 14.2. The van der Waals surface area contributed by atoms with Gasteiger partial charge in [-0.15, -0.1) is 0 Å². The molecule has 0 atom stereocenters. The van der Waals surface area contributed by atoms with E-state index in [0.717, 1.165) is 43.2 Å². The molecule has 0 aromatic heterocycles. The lowest BCUT2D eigenvalue weighted by atomic mass is 9.96. The van der Waals surface area contributed by atoms with Crippen LogP contribution in [0.1, 0.15) is 60.4 Å². The number of aryl methyl sites for hydroxylation is 8. The average molecular weight is 1230 g/mol. The van der Waals surface area contributed by atoms with E-state index in [1.54, 1.807) is 88.0 Å². The van der Waals surface area contributed by atoms with Crippen molar-refractivity contribution in [2.75, 3.05) is 0 Å². The van der Waals surface area contributed by atoms with Crippen molar-refractivity contribution in [2.24, 2.45) is 0 Å². The first-order chi connectivity index (χ1) is 40.9. The molecule has 0 unspecified atom stereocenters. The number of hydrogen-bond acceptors (Lipinski definition) is 16. The van der Waals surface area contributed by atoms with E-state index in [4.69, 9.17) is 30.6 Å². The van der Waals surface area contributed by atoms with Crippen LogP contribution in [0.15, 0.2) is 223 Å². The molecule has 0 spiro atoms. The molecule has 0 bridgehead atoms. The number of hydrogen-bond donors (Lipinski definition) is 10. The Hall–Kier alpha value is -9.88. The fourth-order valence-electron chi connectivity index (χ4n) is 8.47. The maximum absolute atomic E-state index is 12.7. The summed E-state index contributed by atoms with van der Waals surface area (Å²) in [5, 5.41) is 93.7. The van der Waals surface area contributed by atoms with Crippen LogP contribution in [0, 0.1) is 55.4 Å². The van der Waals surface area contributed by atoms with E-state index in [0.29, 0.717) is 44.9 Å². The number of carbonyl (C=O) groups excluding carboxylic acids is 1. The lowest BCUT2D eigenvalue weighted by Gasteiger charge is -2.11. The Labute approximate surface area is 510 Å². The van der Waals surface area contributed by atoms with Crippen LogP contribution in [0.3, 0.4) is 0 Å². The first kappa shape index (κ1) is 66.3. The highest BCUT2D eigenvalue weighted by atomic mass is 32.2. The van der Waals surface area contributed by atoms with Crippen LogP contribution in [-0.4, -0.2) is 73.7 Å². The Balaban J connectivity index is 0.000000174. The minimum Gasteiger partial charge on any atom is -0.508 e. The fourth-order valence-corrected chi connectivity index (χ4v) is 12.1. The molecule has 10 N–H and O–H groups in total. The van der Waals surface area contributed by atoms with Gasteiger partial charge in [0, 0.05) is 20.9 Å². The molecule has 0 fully saturated rings. The maximum Gasteiger partial charge on any atom is 0.206 e. The summed E-state index contributed by atoms with van der Waals surface area (Å²) < 4.78 is 49.6. The zero-order chi connectivity index (χ0) is 64.1. The van der Waals surface area contributed by atoms with Crippen LogP contribution in [0.4, 0.5) is 0 Å². The first-order valence-electron chi connectivity index (χ1n) is 26.6. The second kappa shape index (κ2) is 28.8. The van der Waals surface area contributed by atoms with Gasteiger partial charge in [0.2, 0.25) is 19.7 Å². The summed E-state index contributed by atoms with van der Waals surface area (Å²) in [6.07, 6.45) is 0. The number of rotatable bonds is 9. The highest BCUT2D eigenvalue weighted by Crippen LogP contribution is 2.35. The molecule has 87 heavy (non-hydrogen) atoms. The molecule has 10 aromatic carbocycles. The lowest BCUT2D eigenvalue weighted by Crippen LogP contribution is -2.04. The Bertz CT molecular complexity index is 3910. The van der Waals surface area contributed by atoms with Gasteiger partial charge in [-0.3, -0.25) is 4.79 Å². The smallest absolute Gasteiger partial charge is 0.206 e. The van der Waals surface area contributed by atoms with Crippen molar-refractivity contribution in [3.8, 4) is 68.6 Å². The van der Waals surface area contributed by atoms with Crippen molar-refractivity contribution in [3.63, 3.8) is 0 Å². The van der Waals surface area contributed by atoms with Gasteiger partial charge < -0.3 is 51.1 Å². The number of phenols is 10. The molecule has 18 heteroatoms. The van der Waals surface area contributed by atoms with Gasteiger partial charge in [-0.2, -0.15) is 0 Å². The summed E-state index contributed by atoms with van der Waals surface area (Å²) in [5.41, 5.74) is 8.67. The number of carbonyl (C=O) groups is 1. The van der Waals surface area contributed by atoms with Gasteiger partial charge >= 0.3 is 0 Å². The van der Waals surface area contributed by atoms with Gasteiger partial charge in [0.05, 0.1) is 19.6 Å². The summed E-state index contributed by atoms with van der Waals surface area (Å²) >= 11 is 1.58. The quantitative estimate of drug-likeness (QED) is 0.0601. The predicted molar refractivity (Wildman–Crippen MR) is 336 cm³/mol. The molecule has 10 aromatic rings. The van der Waals surface area contributed by atoms with Gasteiger partial charge in [-0.05, 0) is 305 Å². The van der Waals surface area contributed by atoms with E-state index < -0.39 is 19.7 Å². The topological polar surface area (TPSA) is 288 Å². The molecule has 0 amide bonds. The second-order valence-corrected chi connectivity index (χ2v) is 25.3. The Morgan fingerprint density at radius 3 is 0.713 bits per heavy atom. The molecule has 0 saturated heterocycles. The Morgan fingerprint density at radius 2 is 0.471 bits per heavy atom. The monoisotopic (exact) mass is 1230 g/mol. The molecule has 0 radical (unpaired) electrons. The number of phenolic OH excluding ortho intramolecular Hbond substituents is 10. The minimum atomic E-state index is -3.68. The number of ketones is 1. The average Bonchev–Trinajstić information content (AvgIpc) is 1.37. The molecule has 15 nitrogen and oxygen atoms in total. The van der Waals surface area contributed by atoms with Crippen molar-refractivity contribution in [2.45, 2.75) is 84.8 Å². The molecule has 0 aliphatic carbocycles. The van der Waals surface area contributed by atoms with Crippen LogP contribution in [0.2, 0.25) is 0 Å². The van der Waals surface area contributed by atoms with Crippen molar-refractivity contribution in [1.29, 1.82) is 0 Å². The zero-order valence-electron chi connectivity index (χ0n) is 48.7. The molecule has 10 rings (SSSR count). The SMILES string of the molecule is Cc1cc(-c2cc(C)c(O)c(C)c2)cc(C)c1O.Cc1cc(S(=O)(=O)c2cc(C)c(O)c(C)c2)cc(C)c1O.O=C(c1ccc(O)cc1)c1ccc(O)cc1.O=S(=O)(c1ccc(O)cc1)c1ccc(O)cc1.Oc1ccc(Sc2ccc(O)cc2)cc1. The van der Waals surface area contributed by atoms with Gasteiger partial charge in [-0.1, -0.05) is 11.8 Å². The molecule has 0 aliphatic rings. The zero-order valence-corrected chi connectivity index (χ0v) is 51.2. The lowest BCUT2D eigenvalue weighted by molar-refractivity contribution is 0.103. The highest BCUT2D eigenvalue weighted by molar-refractivity contribution is 7.99. The van der Waals surface area contributed by atoms with Gasteiger partial charge in [0.1, 0.15) is 57.5 Å². The third-order valence-corrected chi connectivity index (χ3v) is 17.8. The highest BCUT2D eigenvalue weighted by Gasteiger charge is 2.22. The summed E-state index contributed by atoms with van der Waals surface area (Å²) in [4.78, 5) is 14.5. The van der Waals surface area contributed by atoms with Gasteiger partial charge in [-0.25, -0.2) is 16.8 Å². The first-order valence-corrected chi connectivity index (χ1v) is 30.4. The minimum absolute atomic E-state index is 0.00894. The van der Waals surface area contributed by atoms with Crippen molar-refractivity contribution < 1.29 is 72.7 Å². The number of aromatic hydroxyl groups is 10. The standard InChI is InChI=1S/C16H18O4S.C16H18O2.C13H10O3.C12H10O4S.C12H10O2S/c1-9-5-13(6-10(2)15(9)17)21(19,20)14-7-11(3)16(18)12(4)8-14;1-9-5-13(6-10(2)15(9)17)14-7-11(3)16(18)12(4)8-14;14-11-5-1-9(2-6-11)13(16)10-3-7-12(15)8-4-10;13-9-1-5-11(6-2-9)17(15,16)12-7-3-10(14)4-8-12;13-9-1-5-11(6-2-9)15-12-7-3-10(14)4-8-12/h5-8,17-18H,1-4H3;5-8,17-18H,1-4H3;1-8,14-15H;1-8,13-14H;1-8,13-14H. The van der Waals surface area contributed by atoms with Crippen molar-refractivity contribution in [1.82, 2.24) is 0 Å². The molecule has 0 heterocycles. The summed E-state index contributed by atoms with van der Waals surface area (Å²) in [5.74, 6) is 1.58. The summed E-state index contributed by atoms with van der Waals surface area (Å²) in [6, 6.07) is 50.4. The fraction of sp³-hybridized carbons (Fsp3) is 0.116. The Kier molecular flexibility index (Phi) is 21.9. The third kappa shape index (κ3) is 17.6. The normalized spacial score (nSPS) is 10.8. The van der Waals surface area contributed by atoms with E-state index in [2.05, 4.69) is 0 Å². The van der Waals surface area contributed by atoms with Crippen LogP contribution in [0.5, 0.6) is 57.5 Å². The molecule has 0 saturated carbocycles. The van der Waals surface area contributed by atoms with Crippen LogP contribution in [-0.2, 0) is 19.7 Å². The predicted octanol–water partition coefficient (Wildman–Crippen LogP) is 14.7. The molecule has 450 valence electrons. The van der Waals surface area contributed by atoms with E-state index in [-0.39, 0.29) is 71.4 Å². The van der Waals surface area contributed by atoms with Crippen molar-refractivity contribution >= 4 is 37.2 Å². The van der Waals surface area contributed by atoms with Crippen molar-refractivity contribution in [3.05, 3.63) is 250 Å². The second-order valence-electron chi connectivity index (χ2n) is 20.2. The number of benzene rings is 10. The largest absolute Gasteiger partial charge is 0.508 e. The molecule has 0 aliphatic heterocycles. The number of sulfone groups is 2.